The van der Waals surface area contributed by atoms with E-state index in [4.69, 9.17) is 0 Å². The summed E-state index contributed by atoms with van der Waals surface area (Å²) in [6.07, 6.45) is 0. The van der Waals surface area contributed by atoms with Crippen molar-refractivity contribution in [2.45, 2.75) is 5.16 Å². The maximum Gasteiger partial charge on any atom is 0.279 e. The molecule has 0 saturated heterocycles. The number of rotatable bonds is 5. The average Bonchev–Trinajstić information content (AvgIpc) is 3.32. The van der Waals surface area contributed by atoms with Crippen LogP contribution in [-0.2, 0) is 4.79 Å². The van der Waals surface area contributed by atoms with E-state index >= 15 is 0 Å². The highest BCUT2D eigenvalue weighted by Gasteiger charge is 2.15. The number of hydrazine groups is 1. The van der Waals surface area contributed by atoms with Crippen LogP contribution in [0.1, 0.15) is 9.67 Å². The first kappa shape index (κ1) is 20.8. The Labute approximate surface area is 183 Å². The van der Waals surface area contributed by atoms with Gasteiger partial charge in [-0.15, -0.1) is 11.3 Å². The third-order valence-electron chi connectivity index (χ3n) is 4.22. The molecule has 4 rings (SSSR count). The number of amides is 2. The standard InChI is InChI=1S/C21H15FN4O3S2/c22-13-7-9-14(10-8-13)26-20(29)15-4-1-2-5-16(15)23-21(26)31-12-18(27)24-25-19(28)17-6-3-11-30-17/h1-11H,12H2,(H,24,27)(H,25,28). The highest BCUT2D eigenvalue weighted by Crippen LogP contribution is 2.21. The third kappa shape index (κ3) is 4.65. The molecule has 31 heavy (non-hydrogen) atoms. The Bertz CT molecular complexity index is 1300. The molecule has 7 nitrogen and oxygen atoms in total. The second-order valence-corrected chi connectivity index (χ2v) is 8.19. The summed E-state index contributed by atoms with van der Waals surface area (Å²) < 4.78 is 14.7. The van der Waals surface area contributed by atoms with Crippen LogP contribution in [0.3, 0.4) is 0 Å². The lowest BCUT2D eigenvalue weighted by molar-refractivity contribution is -0.119. The van der Waals surface area contributed by atoms with Gasteiger partial charge in [-0.3, -0.25) is 29.8 Å². The summed E-state index contributed by atoms with van der Waals surface area (Å²) in [5.74, 6) is -1.42. The zero-order valence-corrected chi connectivity index (χ0v) is 17.5. The normalized spacial score (nSPS) is 10.7. The number of halogens is 1. The van der Waals surface area contributed by atoms with Crippen molar-refractivity contribution in [3.63, 3.8) is 0 Å². The molecule has 0 saturated carbocycles. The second kappa shape index (κ2) is 9.11. The summed E-state index contributed by atoms with van der Waals surface area (Å²) in [5.41, 5.74) is 5.27. The highest BCUT2D eigenvalue weighted by atomic mass is 32.2. The molecule has 0 unspecified atom stereocenters. The fourth-order valence-corrected chi connectivity index (χ4v) is 4.22. The quantitative estimate of drug-likeness (QED) is 0.275. The van der Waals surface area contributed by atoms with Crippen molar-refractivity contribution in [1.82, 2.24) is 20.4 Å². The number of hydrogen-bond acceptors (Lipinski definition) is 6. The Balaban J connectivity index is 1.57. The second-order valence-electron chi connectivity index (χ2n) is 6.30. The summed E-state index contributed by atoms with van der Waals surface area (Å²) in [4.78, 5) is 42.2. The van der Waals surface area contributed by atoms with Crippen molar-refractivity contribution in [2.24, 2.45) is 0 Å². The summed E-state index contributed by atoms with van der Waals surface area (Å²) >= 11 is 2.28. The number of nitrogens with one attached hydrogen (secondary N) is 2. The van der Waals surface area contributed by atoms with E-state index in [0.29, 0.717) is 21.5 Å². The van der Waals surface area contributed by atoms with Crippen LogP contribution in [-0.4, -0.2) is 27.1 Å². The van der Waals surface area contributed by atoms with Crippen molar-refractivity contribution in [2.75, 3.05) is 5.75 Å². The number of carbonyl (C=O) groups excluding carboxylic acids is 2. The fraction of sp³-hybridized carbons (Fsp3) is 0.0476. The van der Waals surface area contributed by atoms with Gasteiger partial charge in [0, 0.05) is 0 Å². The molecule has 2 heterocycles. The van der Waals surface area contributed by atoms with Gasteiger partial charge in [0.2, 0.25) is 5.91 Å². The van der Waals surface area contributed by atoms with Gasteiger partial charge >= 0.3 is 0 Å². The maximum atomic E-state index is 13.4. The van der Waals surface area contributed by atoms with Crippen LogP contribution in [0.25, 0.3) is 16.6 Å². The van der Waals surface area contributed by atoms with Crippen molar-refractivity contribution >= 4 is 45.8 Å². The van der Waals surface area contributed by atoms with Gasteiger partial charge in [-0.25, -0.2) is 9.37 Å². The number of hydrogen-bond donors (Lipinski definition) is 2. The number of fused-ring (bicyclic) bond motifs is 1. The molecule has 0 fully saturated rings. The van der Waals surface area contributed by atoms with Gasteiger partial charge < -0.3 is 0 Å². The number of carbonyl (C=O) groups is 2. The Morgan fingerprint density at radius 3 is 2.55 bits per heavy atom. The first-order chi connectivity index (χ1) is 15.0. The minimum absolute atomic E-state index is 0.101. The number of thiophene rings is 1. The zero-order valence-electron chi connectivity index (χ0n) is 15.9. The Morgan fingerprint density at radius 1 is 1.03 bits per heavy atom. The molecule has 4 aromatic rings. The molecule has 0 atom stereocenters. The molecule has 0 bridgehead atoms. The molecule has 0 radical (unpaired) electrons. The number of para-hydroxylation sites is 1. The van der Waals surface area contributed by atoms with E-state index < -0.39 is 17.6 Å². The van der Waals surface area contributed by atoms with Gasteiger partial charge in [0.1, 0.15) is 5.82 Å². The highest BCUT2D eigenvalue weighted by molar-refractivity contribution is 7.99. The van der Waals surface area contributed by atoms with Crippen LogP contribution in [0.5, 0.6) is 0 Å². The van der Waals surface area contributed by atoms with E-state index in [0.717, 1.165) is 11.8 Å². The van der Waals surface area contributed by atoms with Crippen LogP contribution in [0.2, 0.25) is 0 Å². The Kier molecular flexibility index (Phi) is 6.10. The lowest BCUT2D eigenvalue weighted by Gasteiger charge is -2.13. The summed E-state index contributed by atoms with van der Waals surface area (Å²) in [6, 6.07) is 15.7. The number of thioether (sulfide) groups is 1. The molecule has 0 aliphatic rings. The van der Waals surface area contributed by atoms with Gasteiger partial charge in [0.25, 0.3) is 11.5 Å². The largest absolute Gasteiger partial charge is 0.279 e. The van der Waals surface area contributed by atoms with E-state index in [2.05, 4.69) is 15.8 Å². The molecular weight excluding hydrogens is 439 g/mol. The maximum absolute atomic E-state index is 13.4. The Hall–Kier alpha value is -3.50. The van der Waals surface area contributed by atoms with Crippen molar-refractivity contribution in [3.05, 3.63) is 87.1 Å². The fourth-order valence-electron chi connectivity index (χ4n) is 2.79. The first-order valence-corrected chi connectivity index (χ1v) is 10.9. The monoisotopic (exact) mass is 454 g/mol. The third-order valence-corrected chi connectivity index (χ3v) is 6.03. The topological polar surface area (TPSA) is 93.1 Å². The van der Waals surface area contributed by atoms with Crippen LogP contribution in [0.15, 0.2) is 76.0 Å². The van der Waals surface area contributed by atoms with E-state index in [-0.39, 0.29) is 16.5 Å². The van der Waals surface area contributed by atoms with Crippen molar-refractivity contribution < 1.29 is 14.0 Å². The van der Waals surface area contributed by atoms with E-state index in [1.807, 2.05) is 0 Å². The lowest BCUT2D eigenvalue weighted by atomic mass is 10.2. The van der Waals surface area contributed by atoms with Crippen LogP contribution in [0, 0.1) is 5.82 Å². The molecule has 0 spiro atoms. The molecule has 10 heteroatoms. The molecule has 2 amide bonds. The molecule has 0 aliphatic carbocycles. The minimum Gasteiger partial charge on any atom is -0.272 e. The Morgan fingerprint density at radius 2 is 1.81 bits per heavy atom. The molecule has 156 valence electrons. The lowest BCUT2D eigenvalue weighted by Crippen LogP contribution is -2.42. The van der Waals surface area contributed by atoms with E-state index in [9.17, 15) is 18.8 Å². The molecule has 2 N–H and O–H groups in total. The van der Waals surface area contributed by atoms with E-state index in [1.54, 1.807) is 41.8 Å². The zero-order chi connectivity index (χ0) is 21.8. The number of aromatic nitrogens is 2. The van der Waals surface area contributed by atoms with E-state index in [1.165, 1.54) is 40.2 Å². The molecule has 2 aromatic carbocycles. The summed E-state index contributed by atoms with van der Waals surface area (Å²) in [5, 5.41) is 2.44. The summed E-state index contributed by atoms with van der Waals surface area (Å²) in [6.45, 7) is 0. The smallest absolute Gasteiger partial charge is 0.272 e. The van der Waals surface area contributed by atoms with Crippen LogP contribution >= 0.6 is 23.1 Å². The van der Waals surface area contributed by atoms with Gasteiger partial charge in [-0.05, 0) is 47.8 Å². The van der Waals surface area contributed by atoms with Crippen molar-refractivity contribution in [1.29, 1.82) is 0 Å². The average molecular weight is 455 g/mol. The van der Waals surface area contributed by atoms with Crippen LogP contribution < -0.4 is 16.4 Å². The van der Waals surface area contributed by atoms with Gasteiger partial charge in [0.05, 0.1) is 27.2 Å². The van der Waals surface area contributed by atoms with Gasteiger partial charge in [0.15, 0.2) is 5.16 Å². The predicted molar refractivity (Wildman–Crippen MR) is 118 cm³/mol. The number of nitrogens with zero attached hydrogens (tertiary/aromatic N) is 2. The molecule has 2 aromatic heterocycles. The summed E-state index contributed by atoms with van der Waals surface area (Å²) in [7, 11) is 0. The number of benzene rings is 2. The SMILES string of the molecule is O=C(CSc1nc2ccccc2c(=O)n1-c1ccc(F)cc1)NNC(=O)c1cccs1. The van der Waals surface area contributed by atoms with Gasteiger partial charge in [-0.2, -0.15) is 0 Å². The van der Waals surface area contributed by atoms with Crippen molar-refractivity contribution in [3.8, 4) is 5.69 Å². The first-order valence-electron chi connectivity index (χ1n) is 9.06. The minimum atomic E-state index is -0.469. The molecular formula is C21H15FN4O3S2. The van der Waals surface area contributed by atoms with Crippen LogP contribution in [0.4, 0.5) is 4.39 Å². The van der Waals surface area contributed by atoms with Gasteiger partial charge in [-0.1, -0.05) is 30.0 Å². The predicted octanol–water partition coefficient (Wildman–Crippen LogP) is 3.14. The molecule has 0 aliphatic heterocycles.